The number of carbonyl (C=O) groups is 1. The minimum atomic E-state index is -0.332. The molecule has 0 bridgehead atoms. The van der Waals surface area contributed by atoms with Crippen molar-refractivity contribution in [2.24, 2.45) is 0 Å². The summed E-state index contributed by atoms with van der Waals surface area (Å²) in [4.78, 5) is 19.8. The molecule has 4 aromatic rings. The van der Waals surface area contributed by atoms with Gasteiger partial charge in [0, 0.05) is 57.8 Å². The fourth-order valence-corrected chi connectivity index (χ4v) is 5.29. The normalized spacial score (nSPS) is 14.3. The van der Waals surface area contributed by atoms with Crippen LogP contribution in [-0.2, 0) is 11.3 Å². The highest BCUT2D eigenvalue weighted by Crippen LogP contribution is 2.35. The van der Waals surface area contributed by atoms with Crippen molar-refractivity contribution in [3.8, 4) is 22.3 Å². The largest absolute Gasteiger partial charge is 0.465 e. The highest BCUT2D eigenvalue weighted by molar-refractivity contribution is 6.30. The number of esters is 1. The smallest absolute Gasteiger partial charge is 0.338 e. The number of likely N-dealkylation sites (tertiary alicyclic amines) is 1. The molecule has 2 aromatic carbocycles. The number of ether oxygens (including phenoxy) is 1. The van der Waals surface area contributed by atoms with E-state index < -0.39 is 0 Å². The van der Waals surface area contributed by atoms with Crippen LogP contribution >= 0.6 is 11.6 Å². The summed E-state index contributed by atoms with van der Waals surface area (Å²) in [5.41, 5.74) is 5.53. The van der Waals surface area contributed by atoms with Gasteiger partial charge in [-0.05, 0) is 74.8 Å². The Hall–Kier alpha value is -3.15. The van der Waals surface area contributed by atoms with Crippen molar-refractivity contribution in [2.45, 2.75) is 32.2 Å². The average molecular weight is 488 g/mol. The number of methoxy groups -OCH3 is 1. The fraction of sp³-hybridized carbons (Fsp3) is 0.310. The van der Waals surface area contributed by atoms with Crippen molar-refractivity contribution >= 4 is 28.5 Å². The summed E-state index contributed by atoms with van der Waals surface area (Å²) in [6.07, 6.45) is 10.9. The number of piperidine rings is 1. The van der Waals surface area contributed by atoms with E-state index in [1.54, 1.807) is 0 Å². The number of nitrogens with zero attached hydrogens (tertiary/aromatic N) is 3. The fourth-order valence-electron chi connectivity index (χ4n) is 5.10. The van der Waals surface area contributed by atoms with Crippen molar-refractivity contribution in [1.82, 2.24) is 14.5 Å². The maximum Gasteiger partial charge on any atom is 0.338 e. The standard InChI is InChI=1S/C29H30ClN3O2/c1-35-29(34)25-10-6-11-27-28(25)26(20-33(27)15-7-14-32-12-3-2-4-13-32)23-16-22(18-31-19-23)21-8-5-9-24(30)17-21/h5-6,8-11,16-20H,2-4,7,12-15H2,1H3. The molecular formula is C29H30ClN3O2. The summed E-state index contributed by atoms with van der Waals surface area (Å²) in [6.45, 7) is 4.38. The Kier molecular flexibility index (Phi) is 7.16. The van der Waals surface area contributed by atoms with Crippen molar-refractivity contribution in [3.63, 3.8) is 0 Å². The number of carbonyl (C=O) groups excluding carboxylic acids is 1. The van der Waals surface area contributed by atoms with Gasteiger partial charge in [0.25, 0.3) is 0 Å². The molecule has 5 nitrogen and oxygen atoms in total. The topological polar surface area (TPSA) is 47.4 Å². The van der Waals surface area contributed by atoms with E-state index in [9.17, 15) is 4.79 Å². The second-order valence-electron chi connectivity index (χ2n) is 9.16. The molecule has 0 saturated carbocycles. The van der Waals surface area contributed by atoms with Crippen LogP contribution in [-0.4, -0.2) is 47.2 Å². The maximum absolute atomic E-state index is 12.7. The van der Waals surface area contributed by atoms with Gasteiger partial charge >= 0.3 is 5.97 Å². The molecule has 1 aliphatic heterocycles. The first-order valence-electron chi connectivity index (χ1n) is 12.3. The van der Waals surface area contributed by atoms with Crippen LogP contribution in [0.2, 0.25) is 5.02 Å². The number of halogens is 1. The highest BCUT2D eigenvalue weighted by atomic mass is 35.5. The van der Waals surface area contributed by atoms with Crippen molar-refractivity contribution in [2.75, 3.05) is 26.7 Å². The predicted molar refractivity (Wildman–Crippen MR) is 142 cm³/mol. The zero-order valence-electron chi connectivity index (χ0n) is 20.0. The molecule has 180 valence electrons. The first kappa shape index (κ1) is 23.6. The molecule has 0 spiro atoms. The molecule has 3 heterocycles. The minimum absolute atomic E-state index is 0.332. The lowest BCUT2D eigenvalue weighted by Gasteiger charge is -2.26. The molecule has 1 aliphatic rings. The van der Waals surface area contributed by atoms with Gasteiger partial charge in [-0.15, -0.1) is 0 Å². The molecule has 2 aromatic heterocycles. The zero-order valence-corrected chi connectivity index (χ0v) is 20.8. The van der Waals surface area contributed by atoms with Gasteiger partial charge in [-0.2, -0.15) is 0 Å². The lowest BCUT2D eigenvalue weighted by Crippen LogP contribution is -2.31. The van der Waals surface area contributed by atoms with Crippen LogP contribution in [0.3, 0.4) is 0 Å². The Bertz CT molecular complexity index is 1340. The van der Waals surface area contributed by atoms with Crippen LogP contribution < -0.4 is 0 Å². The molecule has 1 fully saturated rings. The summed E-state index contributed by atoms with van der Waals surface area (Å²) in [5, 5.41) is 1.59. The predicted octanol–water partition coefficient (Wildman–Crippen LogP) is 6.69. The van der Waals surface area contributed by atoms with Crippen molar-refractivity contribution in [3.05, 3.63) is 77.7 Å². The molecule has 35 heavy (non-hydrogen) atoms. The molecule has 5 rings (SSSR count). The van der Waals surface area contributed by atoms with Gasteiger partial charge in [0.1, 0.15) is 0 Å². The number of fused-ring (bicyclic) bond motifs is 1. The van der Waals surface area contributed by atoms with Gasteiger partial charge in [0.05, 0.1) is 12.7 Å². The number of aromatic nitrogens is 2. The second kappa shape index (κ2) is 10.6. The summed E-state index contributed by atoms with van der Waals surface area (Å²) < 4.78 is 7.40. The Morgan fingerprint density at radius 1 is 0.971 bits per heavy atom. The van der Waals surface area contributed by atoms with Crippen LogP contribution in [0.5, 0.6) is 0 Å². The average Bonchev–Trinajstić information content (AvgIpc) is 3.28. The van der Waals surface area contributed by atoms with Crippen LogP contribution in [0.25, 0.3) is 33.2 Å². The van der Waals surface area contributed by atoms with E-state index >= 15 is 0 Å². The van der Waals surface area contributed by atoms with E-state index in [1.165, 1.54) is 39.5 Å². The minimum Gasteiger partial charge on any atom is -0.465 e. The van der Waals surface area contributed by atoms with Crippen LogP contribution in [0.1, 0.15) is 36.0 Å². The summed E-state index contributed by atoms with van der Waals surface area (Å²) >= 11 is 6.23. The molecule has 0 amide bonds. The number of pyridine rings is 1. The van der Waals surface area contributed by atoms with Crippen LogP contribution in [0.15, 0.2) is 67.1 Å². The van der Waals surface area contributed by atoms with Crippen molar-refractivity contribution < 1.29 is 9.53 Å². The first-order valence-corrected chi connectivity index (χ1v) is 12.7. The van der Waals surface area contributed by atoms with Crippen molar-refractivity contribution in [1.29, 1.82) is 0 Å². The van der Waals surface area contributed by atoms with E-state index in [0.29, 0.717) is 10.6 Å². The maximum atomic E-state index is 12.7. The Morgan fingerprint density at radius 2 is 1.77 bits per heavy atom. The van der Waals surface area contributed by atoms with E-state index in [4.69, 9.17) is 16.3 Å². The number of rotatable bonds is 7. The molecule has 6 heteroatoms. The Balaban J connectivity index is 1.54. The van der Waals surface area contributed by atoms with Gasteiger partial charge < -0.3 is 14.2 Å². The third-order valence-electron chi connectivity index (χ3n) is 6.84. The van der Waals surface area contributed by atoms with Crippen LogP contribution in [0.4, 0.5) is 0 Å². The molecule has 0 atom stereocenters. The third kappa shape index (κ3) is 5.12. The van der Waals surface area contributed by atoms with E-state index in [2.05, 4.69) is 32.8 Å². The Morgan fingerprint density at radius 3 is 2.57 bits per heavy atom. The second-order valence-corrected chi connectivity index (χ2v) is 9.59. The van der Waals surface area contributed by atoms with Gasteiger partial charge in [-0.1, -0.05) is 36.2 Å². The molecule has 0 aliphatic carbocycles. The van der Waals surface area contributed by atoms with Gasteiger partial charge in [0.15, 0.2) is 0 Å². The first-order chi connectivity index (χ1) is 17.1. The lowest BCUT2D eigenvalue weighted by molar-refractivity contribution is 0.0603. The van der Waals surface area contributed by atoms with Gasteiger partial charge in [-0.25, -0.2) is 4.79 Å². The van der Waals surface area contributed by atoms with E-state index in [1.807, 2.05) is 48.8 Å². The third-order valence-corrected chi connectivity index (χ3v) is 7.08. The summed E-state index contributed by atoms with van der Waals surface area (Å²) in [5.74, 6) is -0.332. The van der Waals surface area contributed by atoms with Crippen LogP contribution in [0, 0.1) is 0 Å². The molecule has 0 unspecified atom stereocenters. The number of aryl methyl sites for hydroxylation is 1. The quantitative estimate of drug-likeness (QED) is 0.272. The number of hydrogen-bond acceptors (Lipinski definition) is 4. The number of benzene rings is 2. The molecule has 1 saturated heterocycles. The van der Waals surface area contributed by atoms with Gasteiger partial charge in [-0.3, -0.25) is 4.98 Å². The summed E-state index contributed by atoms with van der Waals surface area (Å²) in [7, 11) is 1.43. The molecular weight excluding hydrogens is 458 g/mol. The van der Waals surface area contributed by atoms with E-state index in [0.717, 1.165) is 52.7 Å². The van der Waals surface area contributed by atoms with Gasteiger partial charge in [0.2, 0.25) is 0 Å². The SMILES string of the molecule is COC(=O)c1cccc2c1c(-c1cncc(-c3cccc(Cl)c3)c1)cn2CCCN1CCCCC1. The number of hydrogen-bond donors (Lipinski definition) is 0. The summed E-state index contributed by atoms with van der Waals surface area (Å²) in [6, 6.07) is 15.7. The highest BCUT2D eigenvalue weighted by Gasteiger charge is 2.19. The zero-order chi connectivity index (χ0) is 24.2. The van der Waals surface area contributed by atoms with E-state index in [-0.39, 0.29) is 5.97 Å². The Labute approximate surface area is 211 Å². The monoisotopic (exact) mass is 487 g/mol. The molecule has 0 N–H and O–H groups in total. The lowest BCUT2D eigenvalue weighted by atomic mass is 9.99. The molecule has 0 radical (unpaired) electrons.